The van der Waals surface area contributed by atoms with E-state index in [-0.39, 0.29) is 11.4 Å². The third kappa shape index (κ3) is 3.82. The molecule has 0 saturated carbocycles. The molecule has 5 nitrogen and oxygen atoms in total. The number of hydrogen-bond acceptors (Lipinski definition) is 4. The fraction of sp³-hybridized carbons (Fsp3) is 0. The number of amides is 1. The molecule has 0 fully saturated rings. The van der Waals surface area contributed by atoms with Crippen LogP contribution in [0.5, 0.6) is 0 Å². The zero-order chi connectivity index (χ0) is 18.5. The van der Waals surface area contributed by atoms with Gasteiger partial charge in [0.2, 0.25) is 0 Å². The highest BCUT2D eigenvalue weighted by Crippen LogP contribution is 2.20. The van der Waals surface area contributed by atoms with Crippen LogP contribution in [0.3, 0.4) is 0 Å². The minimum Gasteiger partial charge on any atom is -0.353 e. The van der Waals surface area contributed by atoms with Gasteiger partial charge in [-0.15, -0.1) is 0 Å². The SMILES string of the molecule is N#Cc1ccccc1Nc1ccc(C(=O)Nc2ccc(F)cc2F)nc1. The van der Waals surface area contributed by atoms with E-state index in [4.69, 9.17) is 5.26 Å². The Hall–Kier alpha value is -3.79. The van der Waals surface area contributed by atoms with Gasteiger partial charge in [0.05, 0.1) is 28.8 Å². The molecular weight excluding hydrogens is 338 g/mol. The maximum atomic E-state index is 13.6. The van der Waals surface area contributed by atoms with E-state index in [0.717, 1.165) is 12.1 Å². The first kappa shape index (κ1) is 17.0. The van der Waals surface area contributed by atoms with E-state index in [9.17, 15) is 13.6 Å². The van der Waals surface area contributed by atoms with Crippen LogP contribution in [0.15, 0.2) is 60.8 Å². The van der Waals surface area contributed by atoms with Gasteiger partial charge in [0, 0.05) is 6.07 Å². The quantitative estimate of drug-likeness (QED) is 0.738. The second-order valence-electron chi connectivity index (χ2n) is 5.29. The molecule has 0 saturated heterocycles. The predicted octanol–water partition coefficient (Wildman–Crippen LogP) is 4.23. The Morgan fingerprint density at radius 2 is 1.85 bits per heavy atom. The van der Waals surface area contributed by atoms with Gasteiger partial charge in [-0.1, -0.05) is 12.1 Å². The number of para-hydroxylation sites is 1. The molecule has 2 N–H and O–H groups in total. The first-order valence-corrected chi connectivity index (χ1v) is 7.55. The van der Waals surface area contributed by atoms with Crippen molar-refractivity contribution in [3.63, 3.8) is 0 Å². The maximum Gasteiger partial charge on any atom is 0.274 e. The fourth-order valence-electron chi connectivity index (χ4n) is 2.22. The van der Waals surface area contributed by atoms with Crippen molar-refractivity contribution in [2.24, 2.45) is 0 Å². The summed E-state index contributed by atoms with van der Waals surface area (Å²) in [5.41, 5.74) is 1.59. The van der Waals surface area contributed by atoms with E-state index >= 15 is 0 Å². The molecule has 1 heterocycles. The monoisotopic (exact) mass is 350 g/mol. The predicted molar refractivity (Wildman–Crippen MR) is 93.0 cm³/mol. The zero-order valence-corrected chi connectivity index (χ0v) is 13.3. The average Bonchev–Trinajstić information content (AvgIpc) is 2.65. The van der Waals surface area contributed by atoms with Gasteiger partial charge in [0.15, 0.2) is 0 Å². The Labute approximate surface area is 147 Å². The Bertz CT molecular complexity index is 997. The lowest BCUT2D eigenvalue weighted by Crippen LogP contribution is -2.14. The lowest BCUT2D eigenvalue weighted by Gasteiger charge is -2.09. The summed E-state index contributed by atoms with van der Waals surface area (Å²) in [6.07, 6.45) is 1.42. The zero-order valence-electron chi connectivity index (χ0n) is 13.3. The van der Waals surface area contributed by atoms with Crippen LogP contribution in [0.1, 0.15) is 16.1 Å². The molecule has 3 aromatic rings. The normalized spacial score (nSPS) is 10.0. The van der Waals surface area contributed by atoms with Crippen LogP contribution in [0.4, 0.5) is 25.8 Å². The summed E-state index contributed by atoms with van der Waals surface area (Å²) >= 11 is 0. The highest BCUT2D eigenvalue weighted by atomic mass is 19.1. The van der Waals surface area contributed by atoms with Crippen molar-refractivity contribution in [3.8, 4) is 6.07 Å². The third-order valence-corrected chi connectivity index (χ3v) is 3.50. The van der Waals surface area contributed by atoms with Crippen molar-refractivity contribution >= 4 is 23.0 Å². The molecule has 1 aromatic heterocycles. The van der Waals surface area contributed by atoms with Gasteiger partial charge in [0.25, 0.3) is 5.91 Å². The van der Waals surface area contributed by atoms with Crippen LogP contribution >= 0.6 is 0 Å². The van der Waals surface area contributed by atoms with Crippen molar-refractivity contribution in [2.45, 2.75) is 0 Å². The lowest BCUT2D eigenvalue weighted by molar-refractivity contribution is 0.102. The van der Waals surface area contributed by atoms with E-state index in [2.05, 4.69) is 21.7 Å². The third-order valence-electron chi connectivity index (χ3n) is 3.50. The Kier molecular flexibility index (Phi) is 4.85. The molecule has 0 aliphatic carbocycles. The smallest absolute Gasteiger partial charge is 0.274 e. The molecule has 1 amide bonds. The van der Waals surface area contributed by atoms with E-state index in [1.807, 2.05) is 0 Å². The number of aromatic nitrogens is 1. The maximum absolute atomic E-state index is 13.6. The number of halogens is 2. The summed E-state index contributed by atoms with van der Waals surface area (Å²) in [5.74, 6) is -2.23. The number of nitrogens with one attached hydrogen (secondary N) is 2. The number of nitrogens with zero attached hydrogens (tertiary/aromatic N) is 2. The van der Waals surface area contributed by atoms with Crippen molar-refractivity contribution in [3.05, 3.63) is 83.7 Å². The number of carbonyl (C=O) groups is 1. The van der Waals surface area contributed by atoms with Gasteiger partial charge >= 0.3 is 0 Å². The van der Waals surface area contributed by atoms with E-state index in [1.165, 1.54) is 12.3 Å². The van der Waals surface area contributed by atoms with Gasteiger partial charge in [-0.25, -0.2) is 13.8 Å². The second kappa shape index (κ2) is 7.40. The average molecular weight is 350 g/mol. The van der Waals surface area contributed by atoms with Crippen LogP contribution < -0.4 is 10.6 Å². The molecule has 128 valence electrons. The van der Waals surface area contributed by atoms with E-state index in [0.29, 0.717) is 23.0 Å². The first-order chi connectivity index (χ1) is 12.6. The Balaban J connectivity index is 1.73. The highest BCUT2D eigenvalue weighted by Gasteiger charge is 2.11. The molecule has 0 unspecified atom stereocenters. The molecule has 7 heteroatoms. The second-order valence-corrected chi connectivity index (χ2v) is 5.29. The van der Waals surface area contributed by atoms with E-state index in [1.54, 1.807) is 30.3 Å². The lowest BCUT2D eigenvalue weighted by atomic mass is 10.2. The molecule has 26 heavy (non-hydrogen) atoms. The van der Waals surface area contributed by atoms with Gasteiger partial charge in [-0.3, -0.25) is 4.79 Å². The molecule has 0 atom stereocenters. The van der Waals surface area contributed by atoms with Crippen molar-refractivity contribution in [1.82, 2.24) is 4.98 Å². The van der Waals surface area contributed by atoms with E-state index < -0.39 is 17.5 Å². The topological polar surface area (TPSA) is 77.8 Å². The standard InChI is InChI=1S/C19H12F2N4O/c20-13-5-7-17(15(21)9-13)25-19(26)18-8-6-14(11-23-18)24-16-4-2-1-3-12(16)10-22/h1-9,11,24H,(H,25,26). The number of hydrogen-bond donors (Lipinski definition) is 2. The molecule has 0 aliphatic heterocycles. The van der Waals surface area contributed by atoms with Crippen molar-refractivity contribution < 1.29 is 13.6 Å². The number of anilines is 3. The van der Waals surface area contributed by atoms with Crippen molar-refractivity contribution in [1.29, 1.82) is 5.26 Å². The summed E-state index contributed by atoms with van der Waals surface area (Å²) in [6, 6.07) is 15.0. The van der Waals surface area contributed by atoms with Crippen LogP contribution in [-0.2, 0) is 0 Å². The van der Waals surface area contributed by atoms with Gasteiger partial charge < -0.3 is 10.6 Å². The minimum atomic E-state index is -0.871. The summed E-state index contributed by atoms with van der Waals surface area (Å²) in [5, 5.41) is 14.5. The molecular formula is C19H12F2N4O. The fourth-order valence-corrected chi connectivity index (χ4v) is 2.22. The number of nitriles is 1. The first-order valence-electron chi connectivity index (χ1n) is 7.55. The van der Waals surface area contributed by atoms with Gasteiger partial charge in [0.1, 0.15) is 23.4 Å². The minimum absolute atomic E-state index is 0.0628. The summed E-state index contributed by atoms with van der Waals surface area (Å²) < 4.78 is 26.5. The Morgan fingerprint density at radius 1 is 1.04 bits per heavy atom. The highest BCUT2D eigenvalue weighted by molar-refractivity contribution is 6.03. The molecule has 3 rings (SSSR count). The van der Waals surface area contributed by atoms with Crippen LogP contribution in [0.2, 0.25) is 0 Å². The number of benzene rings is 2. The van der Waals surface area contributed by atoms with Crippen LogP contribution in [0, 0.1) is 23.0 Å². The van der Waals surface area contributed by atoms with Gasteiger partial charge in [-0.05, 0) is 36.4 Å². The summed E-state index contributed by atoms with van der Waals surface area (Å²) in [4.78, 5) is 16.1. The molecule has 0 radical (unpaired) electrons. The summed E-state index contributed by atoms with van der Waals surface area (Å²) in [7, 11) is 0. The largest absolute Gasteiger partial charge is 0.353 e. The number of rotatable bonds is 4. The van der Waals surface area contributed by atoms with Crippen molar-refractivity contribution in [2.75, 3.05) is 10.6 Å². The number of pyridine rings is 1. The molecule has 2 aromatic carbocycles. The molecule has 0 bridgehead atoms. The molecule has 0 spiro atoms. The molecule has 0 aliphatic rings. The Morgan fingerprint density at radius 3 is 2.54 bits per heavy atom. The van der Waals surface area contributed by atoms with Crippen LogP contribution in [-0.4, -0.2) is 10.9 Å². The number of carbonyl (C=O) groups excluding carboxylic acids is 1. The van der Waals surface area contributed by atoms with Crippen LogP contribution in [0.25, 0.3) is 0 Å². The summed E-state index contributed by atoms with van der Waals surface area (Å²) in [6.45, 7) is 0. The van der Waals surface area contributed by atoms with Gasteiger partial charge in [-0.2, -0.15) is 5.26 Å².